The Labute approximate surface area is 173 Å². The minimum absolute atomic E-state index is 0.217. The number of quaternary nitrogens is 1. The summed E-state index contributed by atoms with van der Waals surface area (Å²) in [5.74, 6) is 1.27. The molecule has 1 aliphatic carbocycles. The van der Waals surface area contributed by atoms with Crippen LogP contribution in [0.25, 0.3) is 15.9 Å². The van der Waals surface area contributed by atoms with Gasteiger partial charge in [0.15, 0.2) is 5.65 Å². The van der Waals surface area contributed by atoms with Crippen molar-refractivity contribution in [3.05, 3.63) is 22.1 Å². The lowest BCUT2D eigenvalue weighted by Gasteiger charge is -2.23. The molecule has 8 nitrogen and oxygen atoms in total. The summed E-state index contributed by atoms with van der Waals surface area (Å²) in [5, 5.41) is 8.56. The van der Waals surface area contributed by atoms with Crippen LogP contribution in [0.3, 0.4) is 0 Å². The highest BCUT2D eigenvalue weighted by Crippen LogP contribution is 2.42. The number of ether oxygens (including phenoxy) is 1. The van der Waals surface area contributed by atoms with Gasteiger partial charge < -0.3 is 15.0 Å². The van der Waals surface area contributed by atoms with Crippen LogP contribution < -0.4 is 10.2 Å². The van der Waals surface area contributed by atoms with Gasteiger partial charge in [0.05, 0.1) is 31.7 Å². The molecule has 0 aromatic carbocycles. The number of hydrogen-bond acceptors (Lipinski definition) is 6. The van der Waals surface area contributed by atoms with E-state index in [9.17, 15) is 4.79 Å². The molecule has 2 aliphatic rings. The van der Waals surface area contributed by atoms with E-state index in [2.05, 4.69) is 22.3 Å². The first-order valence-electron chi connectivity index (χ1n) is 10.5. The predicted octanol–water partition coefficient (Wildman–Crippen LogP) is 0.732. The molecule has 2 N–H and O–H groups in total. The number of rotatable bonds is 4. The van der Waals surface area contributed by atoms with Gasteiger partial charge in [-0.2, -0.15) is 4.52 Å². The van der Waals surface area contributed by atoms with Crippen LogP contribution in [0.15, 0.2) is 0 Å². The molecule has 154 valence electrons. The Morgan fingerprint density at radius 3 is 3.00 bits per heavy atom. The van der Waals surface area contributed by atoms with E-state index < -0.39 is 0 Å². The van der Waals surface area contributed by atoms with Crippen molar-refractivity contribution in [2.24, 2.45) is 0 Å². The summed E-state index contributed by atoms with van der Waals surface area (Å²) >= 11 is 1.77. The Morgan fingerprint density at radius 1 is 1.34 bits per heavy atom. The van der Waals surface area contributed by atoms with E-state index in [4.69, 9.17) is 9.72 Å². The van der Waals surface area contributed by atoms with Crippen molar-refractivity contribution in [3.8, 4) is 0 Å². The molecule has 9 heteroatoms. The normalized spacial score (nSPS) is 20.3. The van der Waals surface area contributed by atoms with Gasteiger partial charge in [-0.3, -0.25) is 4.79 Å². The minimum atomic E-state index is -0.217. The highest BCUT2D eigenvalue weighted by molar-refractivity contribution is 7.19. The smallest absolute Gasteiger partial charge is 0.291 e. The zero-order valence-corrected chi connectivity index (χ0v) is 17.8. The number of hydrogen-bond donors (Lipinski definition) is 2. The largest absolute Gasteiger partial charge is 0.370 e. The molecule has 1 fully saturated rings. The Balaban J connectivity index is 1.43. The summed E-state index contributed by atoms with van der Waals surface area (Å²) < 4.78 is 7.12. The van der Waals surface area contributed by atoms with Crippen LogP contribution in [0.1, 0.15) is 52.6 Å². The van der Waals surface area contributed by atoms with Gasteiger partial charge in [-0.25, -0.2) is 9.97 Å². The maximum Gasteiger partial charge on any atom is 0.291 e. The maximum absolute atomic E-state index is 12.7. The summed E-state index contributed by atoms with van der Waals surface area (Å²) in [4.78, 5) is 26.0. The predicted molar refractivity (Wildman–Crippen MR) is 111 cm³/mol. The van der Waals surface area contributed by atoms with Gasteiger partial charge in [0.2, 0.25) is 5.82 Å². The third kappa shape index (κ3) is 3.41. The number of carbonyl (C=O) groups excluding carboxylic acids is 1. The second-order valence-electron chi connectivity index (χ2n) is 8.11. The van der Waals surface area contributed by atoms with Crippen LogP contribution in [0, 0.1) is 6.92 Å². The van der Waals surface area contributed by atoms with Crippen LogP contribution in [-0.4, -0.2) is 64.9 Å². The van der Waals surface area contributed by atoms with Crippen molar-refractivity contribution < 1.29 is 14.4 Å². The zero-order valence-electron chi connectivity index (χ0n) is 17.0. The van der Waals surface area contributed by atoms with E-state index in [-0.39, 0.29) is 11.7 Å². The number of aryl methyl sites for hydroxylation is 2. The average molecular weight is 416 g/mol. The molecule has 4 heterocycles. The van der Waals surface area contributed by atoms with E-state index in [1.165, 1.54) is 28.2 Å². The quantitative estimate of drug-likeness (QED) is 0.656. The van der Waals surface area contributed by atoms with Crippen LogP contribution in [0.5, 0.6) is 0 Å². The Bertz CT molecular complexity index is 1070. The Kier molecular flexibility index (Phi) is 4.97. The summed E-state index contributed by atoms with van der Waals surface area (Å²) in [5.41, 5.74) is 2.13. The summed E-state index contributed by atoms with van der Waals surface area (Å²) in [6.07, 6.45) is 3.52. The summed E-state index contributed by atoms with van der Waals surface area (Å²) in [6, 6.07) is 0. The number of fused-ring (bicyclic) bond motifs is 5. The summed E-state index contributed by atoms with van der Waals surface area (Å²) in [6.45, 7) is 9.28. The zero-order chi connectivity index (χ0) is 20.0. The van der Waals surface area contributed by atoms with Crippen molar-refractivity contribution in [1.82, 2.24) is 24.9 Å². The molecule has 0 spiro atoms. The minimum Gasteiger partial charge on any atom is -0.370 e. The average Bonchev–Trinajstić information content (AvgIpc) is 3.31. The molecule has 29 heavy (non-hydrogen) atoms. The van der Waals surface area contributed by atoms with Crippen LogP contribution >= 0.6 is 11.3 Å². The third-order valence-corrected chi connectivity index (χ3v) is 7.26. The number of thiophene rings is 1. The number of nitrogens with zero attached hydrogens (tertiary/aromatic N) is 4. The lowest BCUT2D eigenvalue weighted by Crippen LogP contribution is -3.14. The highest BCUT2D eigenvalue weighted by atomic mass is 32.1. The van der Waals surface area contributed by atoms with Crippen LogP contribution in [0.2, 0.25) is 0 Å². The SMILES string of the molecule is Cc1nc2sc3c(c2c2nc(C(=O)NCC[NH+]4CCOCC4)nn12)[C@H](C)CCC3. The van der Waals surface area contributed by atoms with Crippen molar-refractivity contribution in [3.63, 3.8) is 0 Å². The number of carbonyl (C=O) groups is 1. The lowest BCUT2D eigenvalue weighted by atomic mass is 9.87. The van der Waals surface area contributed by atoms with Gasteiger partial charge in [-0.05, 0) is 37.7 Å². The molecule has 0 saturated carbocycles. The number of morpholine rings is 1. The van der Waals surface area contributed by atoms with Crippen molar-refractivity contribution in [2.75, 3.05) is 39.4 Å². The fourth-order valence-electron chi connectivity index (χ4n) is 4.52. The van der Waals surface area contributed by atoms with E-state index in [0.29, 0.717) is 12.5 Å². The topological polar surface area (TPSA) is 85.8 Å². The van der Waals surface area contributed by atoms with E-state index in [0.717, 1.165) is 61.0 Å². The Morgan fingerprint density at radius 2 is 2.17 bits per heavy atom. The van der Waals surface area contributed by atoms with Gasteiger partial charge in [0, 0.05) is 4.88 Å². The molecular weight excluding hydrogens is 388 g/mol. The fraction of sp³-hybridized carbons (Fsp3) is 0.600. The van der Waals surface area contributed by atoms with Crippen molar-refractivity contribution in [2.45, 2.75) is 39.0 Å². The van der Waals surface area contributed by atoms with Crippen LogP contribution in [-0.2, 0) is 11.2 Å². The number of nitrogens with one attached hydrogen (secondary N) is 2. The lowest BCUT2D eigenvalue weighted by molar-refractivity contribution is -0.906. The van der Waals surface area contributed by atoms with E-state index >= 15 is 0 Å². The molecule has 1 amide bonds. The molecule has 3 aromatic rings. The molecule has 0 bridgehead atoms. The highest BCUT2D eigenvalue weighted by Gasteiger charge is 2.27. The van der Waals surface area contributed by atoms with Gasteiger partial charge >= 0.3 is 0 Å². The number of amides is 1. The standard InChI is InChI=1S/C20H26N6O2S/c1-12-4-3-5-14-15(12)16-18-23-17(24-26(18)13(2)22-20(16)29-14)19(27)21-6-7-25-8-10-28-11-9-25/h12H,3-11H2,1-2H3,(H,21,27)/p+1/t12-/m1/s1. The first-order valence-corrected chi connectivity index (χ1v) is 11.3. The monoisotopic (exact) mass is 415 g/mol. The first-order chi connectivity index (χ1) is 14.1. The second-order valence-corrected chi connectivity index (χ2v) is 9.19. The van der Waals surface area contributed by atoms with Crippen LogP contribution in [0.4, 0.5) is 0 Å². The molecule has 1 aliphatic heterocycles. The van der Waals surface area contributed by atoms with Gasteiger partial charge in [0.25, 0.3) is 5.91 Å². The van der Waals surface area contributed by atoms with E-state index in [1.807, 2.05) is 6.92 Å². The fourth-order valence-corrected chi connectivity index (χ4v) is 5.90. The van der Waals surface area contributed by atoms with E-state index in [1.54, 1.807) is 15.9 Å². The Hall–Kier alpha value is -2.10. The maximum atomic E-state index is 12.7. The molecular formula is C20H27N6O2S+. The first kappa shape index (κ1) is 18.9. The number of aromatic nitrogens is 4. The van der Waals surface area contributed by atoms with Crippen molar-refractivity contribution >= 4 is 33.1 Å². The molecule has 1 saturated heterocycles. The van der Waals surface area contributed by atoms with Gasteiger partial charge in [0.1, 0.15) is 23.7 Å². The van der Waals surface area contributed by atoms with Gasteiger partial charge in [-0.15, -0.1) is 16.4 Å². The molecule has 3 aromatic heterocycles. The molecule has 0 radical (unpaired) electrons. The molecule has 0 unspecified atom stereocenters. The summed E-state index contributed by atoms with van der Waals surface area (Å²) in [7, 11) is 0. The third-order valence-electron chi connectivity index (χ3n) is 6.10. The molecule has 5 rings (SSSR count). The second kappa shape index (κ2) is 7.62. The van der Waals surface area contributed by atoms with Gasteiger partial charge in [-0.1, -0.05) is 6.92 Å². The van der Waals surface area contributed by atoms with Crippen molar-refractivity contribution in [1.29, 1.82) is 0 Å². The molecule has 1 atom stereocenters.